The van der Waals surface area contributed by atoms with Gasteiger partial charge in [0.2, 0.25) is 5.95 Å². The van der Waals surface area contributed by atoms with Crippen molar-refractivity contribution >= 4 is 11.9 Å². The molecule has 2 aromatic heterocycles. The van der Waals surface area contributed by atoms with Crippen LogP contribution < -0.4 is 11.3 Å². The maximum atomic E-state index is 12.7. The van der Waals surface area contributed by atoms with Crippen LogP contribution in [0.3, 0.4) is 0 Å². The molecule has 0 radical (unpaired) electrons. The number of carbonyl (C=O) groups excluding carboxylic acids is 1. The summed E-state index contributed by atoms with van der Waals surface area (Å²) in [6.45, 7) is 3.51. The Bertz CT molecular complexity index is 763. The lowest BCUT2D eigenvalue weighted by molar-refractivity contribution is 0.0718. The Morgan fingerprint density at radius 2 is 2.32 bits per heavy atom. The van der Waals surface area contributed by atoms with Crippen LogP contribution >= 0.6 is 0 Å². The molecule has 2 aromatic rings. The van der Waals surface area contributed by atoms with E-state index in [4.69, 9.17) is 5.73 Å². The molecule has 22 heavy (non-hydrogen) atoms. The van der Waals surface area contributed by atoms with E-state index in [-0.39, 0.29) is 17.4 Å². The zero-order valence-electron chi connectivity index (χ0n) is 12.4. The summed E-state index contributed by atoms with van der Waals surface area (Å²) in [5.41, 5.74) is 7.10. The second-order valence-electron chi connectivity index (χ2n) is 5.29. The van der Waals surface area contributed by atoms with Crippen molar-refractivity contribution in [2.45, 2.75) is 32.9 Å². The molecule has 1 aliphatic rings. The fourth-order valence-corrected chi connectivity index (χ4v) is 2.70. The molecule has 8 nitrogen and oxygen atoms in total. The molecule has 0 aromatic carbocycles. The van der Waals surface area contributed by atoms with Crippen molar-refractivity contribution in [1.29, 1.82) is 0 Å². The Balaban J connectivity index is 1.86. The maximum Gasteiger partial charge on any atom is 0.272 e. The molecule has 0 saturated heterocycles. The first kappa shape index (κ1) is 14.3. The fourth-order valence-electron chi connectivity index (χ4n) is 2.70. The van der Waals surface area contributed by atoms with Gasteiger partial charge in [0.05, 0.1) is 12.2 Å². The average Bonchev–Trinajstić information content (AvgIpc) is 2.94. The predicted octanol–water partition coefficient (Wildman–Crippen LogP) is 0.157. The number of aryl methyl sites for hydroxylation is 1. The van der Waals surface area contributed by atoms with Crippen LogP contribution in [0.25, 0.3) is 0 Å². The molecular formula is C14H18N6O2. The Morgan fingerprint density at radius 1 is 1.50 bits per heavy atom. The lowest BCUT2D eigenvalue weighted by Gasteiger charge is -2.27. The van der Waals surface area contributed by atoms with Crippen molar-refractivity contribution in [3.05, 3.63) is 39.6 Å². The number of hydrogen-bond acceptors (Lipinski definition) is 5. The van der Waals surface area contributed by atoms with E-state index in [1.165, 1.54) is 0 Å². The van der Waals surface area contributed by atoms with E-state index in [0.29, 0.717) is 43.0 Å². The van der Waals surface area contributed by atoms with Gasteiger partial charge >= 0.3 is 0 Å². The largest absolute Gasteiger partial charge is 0.369 e. The molecule has 0 unspecified atom stereocenters. The van der Waals surface area contributed by atoms with Crippen molar-refractivity contribution in [1.82, 2.24) is 24.6 Å². The van der Waals surface area contributed by atoms with Gasteiger partial charge in [0, 0.05) is 24.8 Å². The molecule has 116 valence electrons. The highest BCUT2D eigenvalue weighted by Gasteiger charge is 2.26. The van der Waals surface area contributed by atoms with Crippen molar-refractivity contribution < 1.29 is 4.79 Å². The third kappa shape index (κ3) is 2.47. The number of fused-ring (bicyclic) bond motifs is 1. The van der Waals surface area contributed by atoms with Gasteiger partial charge in [-0.1, -0.05) is 6.92 Å². The minimum Gasteiger partial charge on any atom is -0.369 e. The van der Waals surface area contributed by atoms with Crippen molar-refractivity contribution in [2.75, 3.05) is 12.3 Å². The minimum absolute atomic E-state index is 0.0778. The van der Waals surface area contributed by atoms with Crippen LogP contribution in [0.4, 0.5) is 5.95 Å². The number of nitrogen functional groups attached to an aromatic ring is 1. The van der Waals surface area contributed by atoms with Crippen LogP contribution in [0.1, 0.15) is 35.1 Å². The number of nitrogens with zero attached hydrogens (tertiary/aromatic N) is 4. The van der Waals surface area contributed by atoms with Gasteiger partial charge in [-0.3, -0.25) is 19.3 Å². The highest BCUT2D eigenvalue weighted by Crippen LogP contribution is 2.17. The number of rotatable bonds is 3. The second kappa shape index (κ2) is 5.63. The first-order chi connectivity index (χ1) is 10.6. The first-order valence-electron chi connectivity index (χ1n) is 7.28. The van der Waals surface area contributed by atoms with E-state index in [1.54, 1.807) is 21.8 Å². The van der Waals surface area contributed by atoms with Gasteiger partial charge in [-0.15, -0.1) is 0 Å². The van der Waals surface area contributed by atoms with Gasteiger partial charge < -0.3 is 10.6 Å². The van der Waals surface area contributed by atoms with Crippen molar-refractivity contribution in [2.24, 2.45) is 0 Å². The lowest BCUT2D eigenvalue weighted by atomic mass is 10.1. The minimum atomic E-state index is -0.217. The van der Waals surface area contributed by atoms with Crippen molar-refractivity contribution in [3.8, 4) is 0 Å². The van der Waals surface area contributed by atoms with E-state index in [2.05, 4.69) is 15.1 Å². The van der Waals surface area contributed by atoms with E-state index >= 15 is 0 Å². The molecule has 3 rings (SSSR count). The van der Waals surface area contributed by atoms with Crippen LogP contribution in [0.15, 0.2) is 17.1 Å². The highest BCUT2D eigenvalue weighted by atomic mass is 16.2. The van der Waals surface area contributed by atoms with Crippen LogP contribution in [0, 0.1) is 0 Å². The molecule has 3 N–H and O–H groups in total. The lowest BCUT2D eigenvalue weighted by Crippen LogP contribution is -2.40. The fraction of sp³-hybridized carbons (Fsp3) is 0.429. The second-order valence-corrected chi connectivity index (χ2v) is 5.29. The molecule has 0 spiro atoms. The molecule has 0 saturated carbocycles. The number of nitrogens with two attached hydrogens (primary N) is 1. The Labute approximate surface area is 127 Å². The molecule has 0 aliphatic carbocycles. The smallest absolute Gasteiger partial charge is 0.272 e. The third-order valence-corrected chi connectivity index (χ3v) is 3.75. The number of anilines is 1. The number of hydrogen-bond donors (Lipinski definition) is 2. The van der Waals surface area contributed by atoms with Gasteiger partial charge in [-0.05, 0) is 18.9 Å². The Morgan fingerprint density at radius 3 is 3.09 bits per heavy atom. The van der Waals surface area contributed by atoms with Crippen LogP contribution in [-0.2, 0) is 19.5 Å². The summed E-state index contributed by atoms with van der Waals surface area (Å²) >= 11 is 0. The molecule has 1 amide bonds. The summed E-state index contributed by atoms with van der Waals surface area (Å²) in [6, 6.07) is 1.72. The number of H-pyrrole nitrogens is 1. The summed E-state index contributed by atoms with van der Waals surface area (Å²) in [6.07, 6.45) is 3.01. The Hall–Kier alpha value is -2.64. The number of carbonyl (C=O) groups is 1. The molecule has 0 fully saturated rings. The van der Waals surface area contributed by atoms with E-state index in [0.717, 1.165) is 6.42 Å². The predicted molar refractivity (Wildman–Crippen MR) is 80.2 cm³/mol. The summed E-state index contributed by atoms with van der Waals surface area (Å²) in [5, 5.41) is 4.17. The third-order valence-electron chi connectivity index (χ3n) is 3.75. The topological polar surface area (TPSA) is 110 Å². The summed E-state index contributed by atoms with van der Waals surface area (Å²) in [5.74, 6) is -0.0219. The molecule has 0 bridgehead atoms. The molecule has 1 aliphatic heterocycles. The van der Waals surface area contributed by atoms with Gasteiger partial charge in [0.1, 0.15) is 5.69 Å². The highest BCUT2D eigenvalue weighted by molar-refractivity contribution is 5.92. The Kier molecular flexibility index (Phi) is 3.66. The normalized spacial score (nSPS) is 14.0. The maximum absolute atomic E-state index is 12.7. The van der Waals surface area contributed by atoms with Gasteiger partial charge in [0.25, 0.3) is 11.5 Å². The van der Waals surface area contributed by atoms with Crippen LogP contribution in [-0.4, -0.2) is 37.1 Å². The van der Waals surface area contributed by atoms with Gasteiger partial charge in [0.15, 0.2) is 0 Å². The van der Waals surface area contributed by atoms with E-state index in [1.807, 2.05) is 6.92 Å². The van der Waals surface area contributed by atoms with Gasteiger partial charge in [-0.2, -0.15) is 5.10 Å². The summed E-state index contributed by atoms with van der Waals surface area (Å²) < 4.78 is 1.71. The number of aromatic nitrogens is 4. The number of aromatic amines is 1. The SMILES string of the molecule is CCCn1nccc1C(=O)N1CCc2c(nc(N)[nH]c2=O)C1. The number of nitrogens with one attached hydrogen (secondary N) is 1. The van der Waals surface area contributed by atoms with Gasteiger partial charge in [-0.25, -0.2) is 4.98 Å². The molecule has 8 heteroatoms. The van der Waals surface area contributed by atoms with Crippen LogP contribution in [0.5, 0.6) is 0 Å². The molecule has 3 heterocycles. The van der Waals surface area contributed by atoms with E-state index < -0.39 is 0 Å². The average molecular weight is 302 g/mol. The molecule has 0 atom stereocenters. The quantitative estimate of drug-likeness (QED) is 0.839. The first-order valence-corrected chi connectivity index (χ1v) is 7.28. The van der Waals surface area contributed by atoms with E-state index in [9.17, 15) is 9.59 Å². The monoisotopic (exact) mass is 302 g/mol. The summed E-state index contributed by atoms with van der Waals surface area (Å²) in [7, 11) is 0. The summed E-state index contributed by atoms with van der Waals surface area (Å²) in [4.78, 5) is 32.8. The van der Waals surface area contributed by atoms with Crippen molar-refractivity contribution in [3.63, 3.8) is 0 Å². The standard InChI is InChI=1S/C14H18N6O2/c1-2-6-20-11(3-5-16-20)13(22)19-7-4-9-10(8-19)17-14(15)18-12(9)21/h3,5H,2,4,6-8H2,1H3,(H3,15,17,18,21). The molecular weight excluding hydrogens is 284 g/mol. The number of amides is 1. The zero-order valence-corrected chi connectivity index (χ0v) is 12.4. The van der Waals surface area contributed by atoms with Crippen LogP contribution in [0.2, 0.25) is 0 Å². The zero-order chi connectivity index (χ0) is 15.7.